The van der Waals surface area contributed by atoms with E-state index in [0.717, 1.165) is 21.8 Å². The average Bonchev–Trinajstić information content (AvgIpc) is 3.05. The molecule has 2 aromatic carbocycles. The summed E-state index contributed by atoms with van der Waals surface area (Å²) in [6.45, 7) is 6.44. The van der Waals surface area contributed by atoms with Gasteiger partial charge in [-0.2, -0.15) is 0 Å². The topological polar surface area (TPSA) is 33.2 Å². The van der Waals surface area contributed by atoms with Gasteiger partial charge in [-0.05, 0) is 25.0 Å². The van der Waals surface area contributed by atoms with E-state index in [0.29, 0.717) is 6.54 Å². The van der Waals surface area contributed by atoms with E-state index in [-0.39, 0.29) is 5.91 Å². The van der Waals surface area contributed by atoms with Gasteiger partial charge in [0.05, 0.1) is 5.69 Å². The molecule has 3 aromatic rings. The van der Waals surface area contributed by atoms with E-state index in [1.165, 1.54) is 16.7 Å². The summed E-state index contributed by atoms with van der Waals surface area (Å²) in [5.74, 6) is 0.0710. The summed E-state index contributed by atoms with van der Waals surface area (Å²) in [6.07, 6.45) is 0. The zero-order chi connectivity index (χ0) is 18.0. The fraction of sp³-hybridized carbons (Fsp3) is 0.238. The van der Waals surface area contributed by atoms with Crippen LogP contribution in [0, 0.1) is 13.8 Å². The highest BCUT2D eigenvalue weighted by molar-refractivity contribution is 7.13. The second-order valence-corrected chi connectivity index (χ2v) is 7.29. The molecule has 0 atom stereocenters. The van der Waals surface area contributed by atoms with Crippen LogP contribution in [0.4, 0.5) is 0 Å². The molecule has 4 heteroatoms. The highest BCUT2D eigenvalue weighted by Crippen LogP contribution is 2.31. The number of hydrogen-bond acceptors (Lipinski definition) is 3. The number of rotatable bonds is 4. The van der Waals surface area contributed by atoms with Gasteiger partial charge in [0.1, 0.15) is 5.01 Å². The Bertz CT molecular complexity index is 897. The molecule has 128 valence electrons. The van der Waals surface area contributed by atoms with Gasteiger partial charge >= 0.3 is 0 Å². The van der Waals surface area contributed by atoms with Gasteiger partial charge in [0, 0.05) is 37.0 Å². The maximum absolute atomic E-state index is 11.3. The normalized spacial score (nSPS) is 10.7. The van der Waals surface area contributed by atoms with Gasteiger partial charge in [0.25, 0.3) is 0 Å². The van der Waals surface area contributed by atoms with Crippen LogP contribution in [0.2, 0.25) is 0 Å². The van der Waals surface area contributed by atoms with Crippen LogP contribution >= 0.6 is 11.3 Å². The Morgan fingerprint density at radius 2 is 1.84 bits per heavy atom. The SMILES string of the molecule is CC(=O)N(C)Cc1ccc(-c2csc(-c3ccc(C)cc3C)n2)cc1. The maximum atomic E-state index is 11.3. The lowest BCUT2D eigenvalue weighted by Gasteiger charge is -2.14. The molecule has 25 heavy (non-hydrogen) atoms. The lowest BCUT2D eigenvalue weighted by atomic mass is 10.1. The average molecular weight is 350 g/mol. The molecule has 3 rings (SSSR count). The van der Waals surface area contributed by atoms with Crippen LogP contribution < -0.4 is 0 Å². The van der Waals surface area contributed by atoms with Crippen molar-refractivity contribution in [2.45, 2.75) is 27.3 Å². The Kier molecular flexibility index (Phi) is 5.00. The van der Waals surface area contributed by atoms with Gasteiger partial charge in [-0.15, -0.1) is 11.3 Å². The highest BCUT2D eigenvalue weighted by Gasteiger charge is 2.10. The predicted molar refractivity (Wildman–Crippen MR) is 105 cm³/mol. The fourth-order valence-electron chi connectivity index (χ4n) is 2.75. The first-order valence-corrected chi connectivity index (χ1v) is 9.16. The molecule has 0 saturated carbocycles. The second kappa shape index (κ2) is 7.19. The molecule has 0 unspecified atom stereocenters. The first kappa shape index (κ1) is 17.4. The lowest BCUT2D eigenvalue weighted by Crippen LogP contribution is -2.22. The number of aryl methyl sites for hydroxylation is 2. The molecule has 0 spiro atoms. The smallest absolute Gasteiger partial charge is 0.219 e. The van der Waals surface area contributed by atoms with E-state index in [1.54, 1.807) is 23.2 Å². The van der Waals surface area contributed by atoms with Crippen molar-refractivity contribution in [1.82, 2.24) is 9.88 Å². The van der Waals surface area contributed by atoms with E-state index in [1.807, 2.05) is 7.05 Å². The van der Waals surface area contributed by atoms with Crippen LogP contribution in [0.5, 0.6) is 0 Å². The van der Waals surface area contributed by atoms with E-state index < -0.39 is 0 Å². The summed E-state index contributed by atoms with van der Waals surface area (Å²) in [5.41, 5.74) is 6.92. The molecule has 1 amide bonds. The zero-order valence-corrected chi connectivity index (χ0v) is 15.9. The van der Waals surface area contributed by atoms with Crippen LogP contribution in [0.25, 0.3) is 21.8 Å². The molecule has 1 aromatic heterocycles. The number of amides is 1. The fourth-order valence-corrected chi connectivity index (χ4v) is 3.67. The minimum atomic E-state index is 0.0710. The molecule has 1 heterocycles. The minimum Gasteiger partial charge on any atom is -0.342 e. The molecule has 0 bridgehead atoms. The Hall–Kier alpha value is -2.46. The van der Waals surface area contributed by atoms with E-state index in [2.05, 4.69) is 61.7 Å². The summed E-state index contributed by atoms with van der Waals surface area (Å²) in [4.78, 5) is 17.9. The standard InChI is InChI=1S/C21H22N2OS/c1-14-5-10-19(15(2)11-14)21-22-20(13-25-21)18-8-6-17(7-9-18)12-23(4)16(3)24/h5-11,13H,12H2,1-4H3. The molecule has 3 nitrogen and oxygen atoms in total. The summed E-state index contributed by atoms with van der Waals surface area (Å²) in [7, 11) is 1.81. The first-order valence-electron chi connectivity index (χ1n) is 8.28. The van der Waals surface area contributed by atoms with Gasteiger partial charge in [0.15, 0.2) is 0 Å². The van der Waals surface area contributed by atoms with Crippen molar-refractivity contribution in [2.75, 3.05) is 7.05 Å². The Morgan fingerprint density at radius 1 is 1.12 bits per heavy atom. The molecular weight excluding hydrogens is 328 g/mol. The van der Waals surface area contributed by atoms with Crippen molar-refractivity contribution in [2.24, 2.45) is 0 Å². The molecule has 0 aliphatic carbocycles. The Balaban J connectivity index is 1.81. The van der Waals surface area contributed by atoms with Gasteiger partial charge in [-0.1, -0.05) is 48.0 Å². The Labute approximate surface area is 153 Å². The van der Waals surface area contributed by atoms with Crippen LogP contribution in [-0.4, -0.2) is 22.8 Å². The van der Waals surface area contributed by atoms with Gasteiger partial charge in [-0.3, -0.25) is 4.79 Å². The zero-order valence-electron chi connectivity index (χ0n) is 15.0. The number of thiazole rings is 1. The van der Waals surface area contributed by atoms with Crippen molar-refractivity contribution >= 4 is 17.2 Å². The van der Waals surface area contributed by atoms with E-state index >= 15 is 0 Å². The van der Waals surface area contributed by atoms with Gasteiger partial charge in [0.2, 0.25) is 5.91 Å². The third kappa shape index (κ3) is 3.97. The third-order valence-corrected chi connectivity index (χ3v) is 5.20. The molecule has 0 radical (unpaired) electrons. The Morgan fingerprint density at radius 3 is 2.48 bits per heavy atom. The minimum absolute atomic E-state index is 0.0710. The van der Waals surface area contributed by atoms with Crippen molar-refractivity contribution < 1.29 is 4.79 Å². The number of hydrogen-bond donors (Lipinski definition) is 0. The third-order valence-electron chi connectivity index (χ3n) is 4.32. The lowest BCUT2D eigenvalue weighted by molar-refractivity contribution is -0.128. The van der Waals surface area contributed by atoms with Crippen molar-refractivity contribution in [3.8, 4) is 21.8 Å². The number of carbonyl (C=O) groups is 1. The predicted octanol–water partition coefficient (Wildman–Crippen LogP) is 5.07. The molecule has 0 fully saturated rings. The molecule has 0 N–H and O–H groups in total. The van der Waals surface area contributed by atoms with Crippen LogP contribution in [0.1, 0.15) is 23.6 Å². The van der Waals surface area contributed by atoms with Crippen LogP contribution in [0.15, 0.2) is 47.8 Å². The summed E-state index contributed by atoms with van der Waals surface area (Å²) < 4.78 is 0. The van der Waals surface area contributed by atoms with E-state index in [9.17, 15) is 4.79 Å². The monoisotopic (exact) mass is 350 g/mol. The van der Waals surface area contributed by atoms with Crippen molar-refractivity contribution in [3.05, 3.63) is 64.5 Å². The first-order chi connectivity index (χ1) is 11.9. The van der Waals surface area contributed by atoms with Crippen LogP contribution in [0.3, 0.4) is 0 Å². The van der Waals surface area contributed by atoms with Gasteiger partial charge < -0.3 is 4.90 Å². The molecule has 0 aliphatic rings. The number of aromatic nitrogens is 1. The summed E-state index contributed by atoms with van der Waals surface area (Å²) in [6, 6.07) is 14.7. The molecule has 0 saturated heterocycles. The number of carbonyl (C=O) groups excluding carboxylic acids is 1. The van der Waals surface area contributed by atoms with E-state index in [4.69, 9.17) is 4.98 Å². The highest BCUT2D eigenvalue weighted by atomic mass is 32.1. The van der Waals surface area contributed by atoms with Crippen molar-refractivity contribution in [1.29, 1.82) is 0 Å². The maximum Gasteiger partial charge on any atom is 0.219 e. The summed E-state index contributed by atoms with van der Waals surface area (Å²) in [5, 5.41) is 3.15. The summed E-state index contributed by atoms with van der Waals surface area (Å²) >= 11 is 1.67. The molecule has 0 aliphatic heterocycles. The second-order valence-electron chi connectivity index (χ2n) is 6.43. The quantitative estimate of drug-likeness (QED) is 0.658. The van der Waals surface area contributed by atoms with Crippen molar-refractivity contribution in [3.63, 3.8) is 0 Å². The van der Waals surface area contributed by atoms with Gasteiger partial charge in [-0.25, -0.2) is 4.98 Å². The van der Waals surface area contributed by atoms with Crippen LogP contribution in [-0.2, 0) is 11.3 Å². The largest absolute Gasteiger partial charge is 0.342 e. The molecular formula is C21H22N2OS. The number of benzene rings is 2. The number of nitrogens with zero attached hydrogens (tertiary/aromatic N) is 2.